The maximum atomic E-state index is 12.3. The Hall–Kier alpha value is -1.36. The lowest BCUT2D eigenvalue weighted by Gasteiger charge is -2.31. The van der Waals surface area contributed by atoms with Crippen LogP contribution in [0.1, 0.15) is 31.0 Å². The number of nitrogens with one attached hydrogen (secondary N) is 1. The van der Waals surface area contributed by atoms with E-state index in [-0.39, 0.29) is 11.9 Å². The summed E-state index contributed by atoms with van der Waals surface area (Å²) in [6, 6.07) is 15.7. The maximum absolute atomic E-state index is 12.3. The van der Waals surface area contributed by atoms with Gasteiger partial charge in [-0.2, -0.15) is 0 Å². The van der Waals surface area contributed by atoms with Gasteiger partial charge in [-0.15, -0.1) is 0 Å². The van der Waals surface area contributed by atoms with Gasteiger partial charge in [0, 0.05) is 16.0 Å². The molecule has 1 N–H and O–H groups in total. The Morgan fingerprint density at radius 3 is 2.36 bits per heavy atom. The predicted octanol–water partition coefficient (Wildman–Crippen LogP) is 4.84. The Balaban J connectivity index is 2.05. The smallest absolute Gasteiger partial charge is 0.224 e. The van der Waals surface area contributed by atoms with Crippen molar-refractivity contribution in [2.75, 3.05) is 19.6 Å². The molecule has 0 aliphatic rings. The Morgan fingerprint density at radius 2 is 1.76 bits per heavy atom. The van der Waals surface area contributed by atoms with Crippen LogP contribution >= 0.6 is 27.5 Å². The van der Waals surface area contributed by atoms with Crippen LogP contribution < -0.4 is 5.32 Å². The third-order valence-corrected chi connectivity index (χ3v) is 5.16. The monoisotopic (exact) mass is 422 g/mol. The molecular formula is C20H24BrClN2O. The molecule has 0 radical (unpaired) electrons. The van der Waals surface area contributed by atoms with Crippen molar-refractivity contribution in [2.24, 2.45) is 0 Å². The van der Waals surface area contributed by atoms with Crippen molar-refractivity contribution in [3.63, 3.8) is 0 Å². The molecule has 25 heavy (non-hydrogen) atoms. The van der Waals surface area contributed by atoms with Gasteiger partial charge in [0.25, 0.3) is 0 Å². The average Bonchev–Trinajstić information content (AvgIpc) is 2.61. The predicted molar refractivity (Wildman–Crippen MR) is 108 cm³/mol. The molecule has 134 valence electrons. The number of rotatable bonds is 8. The lowest BCUT2D eigenvalue weighted by molar-refractivity contribution is -0.120. The van der Waals surface area contributed by atoms with E-state index in [1.54, 1.807) is 0 Å². The first-order valence-corrected chi connectivity index (χ1v) is 9.71. The van der Waals surface area contributed by atoms with E-state index in [9.17, 15) is 4.79 Å². The second-order valence-corrected chi connectivity index (χ2v) is 7.19. The first-order chi connectivity index (χ1) is 12.0. The van der Waals surface area contributed by atoms with Gasteiger partial charge in [0.05, 0.1) is 12.5 Å². The van der Waals surface area contributed by atoms with Crippen LogP contribution in [0, 0.1) is 0 Å². The minimum absolute atomic E-state index is 0.0199. The minimum atomic E-state index is 0.0199. The second-order valence-electron chi connectivity index (χ2n) is 5.87. The van der Waals surface area contributed by atoms with E-state index in [0.29, 0.717) is 13.0 Å². The summed E-state index contributed by atoms with van der Waals surface area (Å²) >= 11 is 9.80. The van der Waals surface area contributed by atoms with Gasteiger partial charge in [-0.1, -0.05) is 71.7 Å². The fraction of sp³-hybridized carbons (Fsp3) is 0.350. The molecule has 1 atom stereocenters. The van der Waals surface area contributed by atoms with Crippen LogP contribution in [0.15, 0.2) is 53.0 Å². The summed E-state index contributed by atoms with van der Waals surface area (Å²) in [5.41, 5.74) is 2.05. The van der Waals surface area contributed by atoms with Gasteiger partial charge >= 0.3 is 0 Å². The van der Waals surface area contributed by atoms with Gasteiger partial charge in [0.15, 0.2) is 0 Å². The molecule has 0 saturated carbocycles. The number of hydrogen-bond donors (Lipinski definition) is 1. The standard InChI is InChI=1S/C20H24BrClN2O/c1-3-24(4-2)19(17-7-5-6-8-18(17)22)14-23-20(25)13-15-9-11-16(21)12-10-15/h5-12,19H,3-4,13-14H2,1-2H3,(H,23,25). The topological polar surface area (TPSA) is 32.3 Å². The molecule has 0 fully saturated rings. The van der Waals surface area contributed by atoms with Crippen LogP contribution in [0.4, 0.5) is 0 Å². The zero-order valence-electron chi connectivity index (χ0n) is 14.6. The van der Waals surface area contributed by atoms with Gasteiger partial charge in [-0.3, -0.25) is 9.69 Å². The number of nitrogens with zero attached hydrogens (tertiary/aromatic N) is 1. The van der Waals surface area contributed by atoms with Crippen molar-refractivity contribution in [2.45, 2.75) is 26.3 Å². The Morgan fingerprint density at radius 1 is 1.12 bits per heavy atom. The third kappa shape index (κ3) is 5.84. The molecule has 0 spiro atoms. The fourth-order valence-corrected chi connectivity index (χ4v) is 3.43. The third-order valence-electron chi connectivity index (χ3n) is 4.29. The van der Waals surface area contributed by atoms with Crippen LogP contribution in [0.5, 0.6) is 0 Å². The summed E-state index contributed by atoms with van der Waals surface area (Å²) in [6.07, 6.45) is 0.376. The van der Waals surface area contributed by atoms with E-state index in [1.165, 1.54) is 0 Å². The SMILES string of the molecule is CCN(CC)C(CNC(=O)Cc1ccc(Br)cc1)c1ccccc1Cl. The first-order valence-electron chi connectivity index (χ1n) is 8.54. The van der Waals surface area contributed by atoms with E-state index < -0.39 is 0 Å². The Bertz CT molecular complexity index is 686. The lowest BCUT2D eigenvalue weighted by atomic mass is 10.0. The zero-order valence-corrected chi connectivity index (χ0v) is 17.0. The lowest BCUT2D eigenvalue weighted by Crippen LogP contribution is -2.38. The summed E-state index contributed by atoms with van der Waals surface area (Å²) in [4.78, 5) is 14.6. The first kappa shape index (κ1) is 20.0. The van der Waals surface area contributed by atoms with Gasteiger partial charge in [0.1, 0.15) is 0 Å². The van der Waals surface area contributed by atoms with Gasteiger partial charge < -0.3 is 5.32 Å². The summed E-state index contributed by atoms with van der Waals surface area (Å²) in [7, 11) is 0. The van der Waals surface area contributed by atoms with E-state index in [2.05, 4.69) is 40.0 Å². The molecule has 1 amide bonds. The quantitative estimate of drug-likeness (QED) is 0.658. The van der Waals surface area contributed by atoms with E-state index >= 15 is 0 Å². The Kier molecular flexibility index (Phi) is 7.94. The van der Waals surface area contributed by atoms with Gasteiger partial charge in [0.2, 0.25) is 5.91 Å². The molecule has 2 aromatic carbocycles. The van der Waals surface area contributed by atoms with Crippen molar-refractivity contribution in [3.05, 3.63) is 69.2 Å². The second kappa shape index (κ2) is 9.95. The molecule has 0 saturated heterocycles. The molecule has 2 aromatic rings. The molecule has 0 aliphatic heterocycles. The number of amides is 1. The molecule has 0 heterocycles. The normalized spacial score (nSPS) is 12.2. The largest absolute Gasteiger partial charge is 0.354 e. The summed E-state index contributed by atoms with van der Waals surface area (Å²) in [5.74, 6) is 0.0199. The molecule has 5 heteroatoms. The molecule has 0 aromatic heterocycles. The van der Waals surface area contributed by atoms with Crippen molar-refractivity contribution in [1.82, 2.24) is 10.2 Å². The molecule has 0 aliphatic carbocycles. The number of benzene rings is 2. The van der Waals surface area contributed by atoms with Crippen LogP contribution in [0.25, 0.3) is 0 Å². The number of hydrogen-bond acceptors (Lipinski definition) is 2. The number of likely N-dealkylation sites (N-methyl/N-ethyl adjacent to an activating group) is 1. The molecular weight excluding hydrogens is 400 g/mol. The summed E-state index contributed by atoms with van der Waals surface area (Å²) in [6.45, 7) is 6.58. The van der Waals surface area contributed by atoms with Gasteiger partial charge in [-0.25, -0.2) is 0 Å². The molecule has 3 nitrogen and oxygen atoms in total. The van der Waals surface area contributed by atoms with Crippen LogP contribution in [0.2, 0.25) is 5.02 Å². The highest BCUT2D eigenvalue weighted by Gasteiger charge is 2.21. The summed E-state index contributed by atoms with van der Waals surface area (Å²) < 4.78 is 1.01. The van der Waals surface area contributed by atoms with E-state index in [0.717, 1.165) is 33.7 Å². The van der Waals surface area contributed by atoms with Crippen molar-refractivity contribution in [1.29, 1.82) is 0 Å². The van der Waals surface area contributed by atoms with Gasteiger partial charge in [-0.05, 0) is 42.4 Å². The van der Waals surface area contributed by atoms with Crippen molar-refractivity contribution in [3.8, 4) is 0 Å². The van der Waals surface area contributed by atoms with Crippen LogP contribution in [-0.4, -0.2) is 30.4 Å². The average molecular weight is 424 g/mol. The van der Waals surface area contributed by atoms with Crippen LogP contribution in [0.3, 0.4) is 0 Å². The highest BCUT2D eigenvalue weighted by Crippen LogP contribution is 2.27. The molecule has 1 unspecified atom stereocenters. The van der Waals surface area contributed by atoms with Crippen molar-refractivity contribution >= 4 is 33.4 Å². The minimum Gasteiger partial charge on any atom is -0.354 e. The maximum Gasteiger partial charge on any atom is 0.224 e. The highest BCUT2D eigenvalue weighted by molar-refractivity contribution is 9.10. The number of halogens is 2. The van der Waals surface area contributed by atoms with E-state index in [1.807, 2.05) is 48.5 Å². The van der Waals surface area contributed by atoms with Crippen LogP contribution in [-0.2, 0) is 11.2 Å². The summed E-state index contributed by atoms with van der Waals surface area (Å²) in [5, 5.41) is 3.81. The fourth-order valence-electron chi connectivity index (χ4n) is 2.91. The Labute approximate surface area is 163 Å². The number of carbonyl (C=O) groups is 1. The van der Waals surface area contributed by atoms with Crippen molar-refractivity contribution < 1.29 is 4.79 Å². The molecule has 0 bridgehead atoms. The van der Waals surface area contributed by atoms with E-state index in [4.69, 9.17) is 11.6 Å². The number of carbonyl (C=O) groups excluding carboxylic acids is 1. The highest BCUT2D eigenvalue weighted by atomic mass is 79.9. The molecule has 2 rings (SSSR count). The zero-order chi connectivity index (χ0) is 18.2.